The van der Waals surface area contributed by atoms with Crippen molar-refractivity contribution in [1.29, 1.82) is 0 Å². The van der Waals surface area contributed by atoms with Crippen LogP contribution in [0.3, 0.4) is 0 Å². The van der Waals surface area contributed by atoms with Crippen molar-refractivity contribution in [2.24, 2.45) is 5.41 Å². The molecule has 2 heterocycles. The van der Waals surface area contributed by atoms with E-state index in [0.717, 1.165) is 16.7 Å². The number of hydrogen-bond acceptors (Lipinski definition) is 5. The van der Waals surface area contributed by atoms with Crippen LogP contribution in [0.15, 0.2) is 36.5 Å². The maximum atomic E-state index is 6.17. The van der Waals surface area contributed by atoms with E-state index in [-0.39, 0.29) is 34.6 Å². The number of fused-ring (bicyclic) bond motifs is 1. The summed E-state index contributed by atoms with van der Waals surface area (Å²) in [5, 5.41) is 0. The standard InChI is InChI=1S/C26H36BNO2.S30/c1-22(2)19-13-11-17(15-20(19)23(3,4)24(22,5)6)21-14-12-18(16-28-21)27-29-25(7,8)26(9,10)30-27;1-3-5-7-9-11-13-15-17-19-21-23-25-27-29-30-28-26-24-22-20-18-16-14-12-10-8-6-4-2/h11-16H,1-10H3;. The first-order valence-electron chi connectivity index (χ1n) is 15.9. The van der Waals surface area contributed by atoms with Gasteiger partial charge in [-0.3, -0.25) is 4.98 Å². The number of pyridine rings is 1. The molecule has 1 aromatic carbocycles. The minimum Gasteiger partial charge on any atom is -0.399 e. The normalized spacial score (nSPS) is 16.1. The first-order valence-corrected chi connectivity index (χ1v) is 54.6. The molecule has 0 saturated carbocycles. The predicted molar refractivity (Wildman–Crippen MR) is 346 cm³/mol. The lowest BCUT2D eigenvalue weighted by Gasteiger charge is -2.44. The Bertz CT molecular complexity index is 3100. The van der Waals surface area contributed by atoms with Gasteiger partial charge in [-0.25, -0.2) is 0 Å². The molecule has 1 aliphatic heterocycles. The highest BCUT2D eigenvalue weighted by Gasteiger charge is 2.56. The summed E-state index contributed by atoms with van der Waals surface area (Å²) in [7, 11) is 48.7. The zero-order chi connectivity index (χ0) is 44.1. The molecule has 2 aliphatic rings. The summed E-state index contributed by atoms with van der Waals surface area (Å²) >= 11 is 9.57. The van der Waals surface area contributed by atoms with Crippen molar-refractivity contribution in [3.63, 3.8) is 0 Å². The fourth-order valence-corrected chi connectivity index (χ4v) is 76.6. The fraction of sp³-hybridized carbons (Fsp3) is 0.577. The van der Waals surface area contributed by atoms with Crippen LogP contribution in [0, 0.1) is 5.41 Å². The lowest BCUT2D eigenvalue weighted by molar-refractivity contribution is 0.00578. The Labute approximate surface area is 444 Å². The van der Waals surface area contributed by atoms with Crippen LogP contribution in [0.25, 0.3) is 11.3 Å². The number of benzene rings is 1. The van der Waals surface area contributed by atoms with Gasteiger partial charge in [-0.15, -0.1) is 0 Å². The van der Waals surface area contributed by atoms with Crippen LogP contribution >= 0.6 is 0 Å². The number of rotatable bonds is 2. The number of hydrogen-bond donors (Lipinski definition) is 0. The van der Waals surface area contributed by atoms with Crippen molar-refractivity contribution >= 4 is 284 Å². The monoisotopic (exact) mass is 1360 g/mol. The van der Waals surface area contributed by atoms with Gasteiger partial charge in [-0.1, -0.05) is 59.7 Å². The van der Waals surface area contributed by atoms with Gasteiger partial charge in [-0.2, -0.15) is 0 Å². The third-order valence-electron chi connectivity index (χ3n) is 9.85. The molecule has 34 heteroatoms. The van der Waals surface area contributed by atoms with Crippen molar-refractivity contribution in [3.8, 4) is 11.3 Å². The second kappa shape index (κ2) is 31.3. The summed E-state index contributed by atoms with van der Waals surface area (Å²) in [6.45, 7) is 22.6. The van der Waals surface area contributed by atoms with E-state index >= 15 is 0 Å². The molecule has 0 amide bonds. The Hall–Kier alpha value is 4.95. The minimum absolute atomic E-state index is 0.0878. The highest BCUT2D eigenvalue weighted by Crippen LogP contribution is 2.61. The summed E-state index contributed by atoms with van der Waals surface area (Å²) in [5.74, 6) is 0. The van der Waals surface area contributed by atoms with Crippen LogP contribution in [-0.2, 0) is 291 Å². The highest BCUT2D eigenvalue weighted by molar-refractivity contribution is 8.80. The molecule has 4 rings (SSSR count). The average molecular weight is 1370 g/mol. The maximum Gasteiger partial charge on any atom is 0.496 e. The summed E-state index contributed by atoms with van der Waals surface area (Å²) in [6, 6.07) is 11.0. The first kappa shape index (κ1) is 59.3. The summed E-state index contributed by atoms with van der Waals surface area (Å²) in [4.78, 5) is 4.77. The van der Waals surface area contributed by atoms with Crippen molar-refractivity contribution in [2.45, 2.75) is 91.3 Å². The molecule has 0 N–H and O–H groups in total. The van der Waals surface area contributed by atoms with E-state index in [1.165, 1.54) is 28.9 Å². The lowest BCUT2D eigenvalue weighted by atomic mass is 9.59. The van der Waals surface area contributed by atoms with Crippen LogP contribution in [0.1, 0.15) is 80.4 Å². The SMILES string of the molecule is CC1(C)OB(c2ccc(-c3ccc4c(c3)C(C)(C)C(C)(C)C4(C)C)nc2)OC1(C)C.S=S=S=S=S=S=S=S=S=S=S=S=S=S=S=S=S=S=S=S=S=S=S=S=S=S=S=S=S=S. The molecule has 0 unspecified atom stereocenters. The highest BCUT2D eigenvalue weighted by atomic mass is 33.5. The van der Waals surface area contributed by atoms with Gasteiger partial charge in [-0.05, 0) is 67.2 Å². The topological polar surface area (TPSA) is 31.4 Å². The number of aromatic nitrogens is 1. The van der Waals surface area contributed by atoms with Crippen molar-refractivity contribution < 1.29 is 9.31 Å². The van der Waals surface area contributed by atoms with E-state index in [4.69, 9.17) is 36.7 Å². The molecule has 0 bridgehead atoms. The van der Waals surface area contributed by atoms with Crippen LogP contribution in [0.2, 0.25) is 0 Å². The minimum atomic E-state index is -0.378. The van der Waals surface area contributed by atoms with E-state index in [0.29, 0.717) is 0 Å². The molecule has 1 saturated heterocycles. The summed E-state index contributed by atoms with van der Waals surface area (Å²) in [6.07, 6.45) is 1.89. The van der Waals surface area contributed by atoms with Gasteiger partial charge in [0.05, 0.1) is 16.9 Å². The van der Waals surface area contributed by atoms with Gasteiger partial charge < -0.3 is 9.31 Å². The Balaban J connectivity index is 0.000000320. The van der Waals surface area contributed by atoms with E-state index < -0.39 is 0 Å². The molecule has 1 aromatic heterocycles. The van der Waals surface area contributed by atoms with Crippen LogP contribution < -0.4 is 5.46 Å². The third-order valence-corrected chi connectivity index (χ3v) is 69.8. The van der Waals surface area contributed by atoms with E-state index in [1.807, 2.05) is 113 Å². The third kappa shape index (κ3) is 19.3. The Morgan fingerprint density at radius 1 is 0.433 bits per heavy atom. The summed E-state index contributed by atoms with van der Waals surface area (Å²) in [5.41, 5.74) is 5.68. The molecule has 340 valence electrons. The van der Waals surface area contributed by atoms with Crippen LogP contribution in [-0.4, -0.2) is 23.3 Å². The molecule has 1 aliphatic carbocycles. The number of nitrogens with zero attached hydrogens (tertiary/aromatic N) is 1. The molecule has 0 spiro atoms. The Morgan fingerprint density at radius 2 is 0.767 bits per heavy atom. The molecular weight excluding hydrogens is 1330 g/mol. The van der Waals surface area contributed by atoms with E-state index in [1.54, 1.807) is 124 Å². The van der Waals surface area contributed by atoms with Gasteiger partial charge in [0.25, 0.3) is 0 Å². The van der Waals surface area contributed by atoms with E-state index in [2.05, 4.69) is 99.6 Å². The average Bonchev–Trinajstić information content (AvgIpc) is 3.49. The second-order valence-corrected chi connectivity index (χ2v) is 63.1. The van der Waals surface area contributed by atoms with Crippen LogP contribution in [0.4, 0.5) is 0 Å². The van der Waals surface area contributed by atoms with Crippen molar-refractivity contribution in [2.75, 3.05) is 0 Å². The predicted octanol–water partition coefficient (Wildman–Crippen LogP) is 5.57. The van der Waals surface area contributed by atoms with Gasteiger partial charge >= 0.3 is 7.12 Å². The summed E-state index contributed by atoms with van der Waals surface area (Å²) < 4.78 is 12.3. The molecule has 60 heavy (non-hydrogen) atoms. The lowest BCUT2D eigenvalue weighted by Crippen LogP contribution is -2.42. The molecule has 2 aromatic rings. The molecule has 0 radical (unpaired) electrons. The fourth-order valence-electron chi connectivity index (χ4n) is 5.21. The quantitative estimate of drug-likeness (QED) is 0.368. The van der Waals surface area contributed by atoms with Gasteiger partial charge in [0, 0.05) is 288 Å². The van der Waals surface area contributed by atoms with Gasteiger partial charge in [0.1, 0.15) is 0 Å². The molecular formula is C26H36BNO2S30. The molecule has 1 fully saturated rings. The Morgan fingerprint density at radius 3 is 1.08 bits per heavy atom. The maximum absolute atomic E-state index is 6.17. The van der Waals surface area contributed by atoms with Crippen LogP contribution in [0.5, 0.6) is 0 Å². The Kier molecular flexibility index (Phi) is 30.9. The van der Waals surface area contributed by atoms with E-state index in [9.17, 15) is 0 Å². The first-order chi connectivity index (χ1) is 28.5. The smallest absolute Gasteiger partial charge is 0.399 e. The molecule has 0 atom stereocenters. The van der Waals surface area contributed by atoms with Gasteiger partial charge in [0.2, 0.25) is 0 Å². The second-order valence-electron chi connectivity index (χ2n) is 13.6. The van der Waals surface area contributed by atoms with Crippen molar-refractivity contribution in [3.05, 3.63) is 47.7 Å². The zero-order valence-corrected chi connectivity index (χ0v) is 57.0. The van der Waals surface area contributed by atoms with Gasteiger partial charge in [0.15, 0.2) is 0 Å². The van der Waals surface area contributed by atoms with Crippen molar-refractivity contribution in [1.82, 2.24) is 4.98 Å². The zero-order valence-electron chi connectivity index (χ0n) is 32.6. The molecule has 3 nitrogen and oxygen atoms in total. The largest absolute Gasteiger partial charge is 0.496 e.